The third kappa shape index (κ3) is 11.5. The Hall–Kier alpha value is -3.02. The summed E-state index contributed by atoms with van der Waals surface area (Å²) in [4.78, 5) is 24.3. The standard InChI is InChI=1S/C38H54O6/c39-35-23-21-29(27-33(35)31-15-5-3-6-16-31)13-11-19-37(41)43-25-9-1-2-10-26-44-38(42)20-12-14-30-22-24-36(40)34(28-30)32-17-7-4-8-18-32/h21-24,27-28,31-32,39-40H,1-20,25-26H2. The zero-order valence-corrected chi connectivity index (χ0v) is 26.7. The van der Waals surface area contributed by atoms with Crippen molar-refractivity contribution in [1.82, 2.24) is 0 Å². The van der Waals surface area contributed by atoms with Crippen molar-refractivity contribution in [1.29, 1.82) is 0 Å². The molecule has 2 N–H and O–H groups in total. The molecule has 0 unspecified atom stereocenters. The summed E-state index contributed by atoms with van der Waals surface area (Å²) >= 11 is 0. The van der Waals surface area contributed by atoms with Crippen LogP contribution in [0.1, 0.15) is 150 Å². The fourth-order valence-electron chi connectivity index (χ4n) is 6.95. The molecule has 2 aromatic carbocycles. The van der Waals surface area contributed by atoms with Gasteiger partial charge in [-0.15, -0.1) is 0 Å². The van der Waals surface area contributed by atoms with Gasteiger partial charge in [0, 0.05) is 12.8 Å². The van der Waals surface area contributed by atoms with Crippen LogP contribution in [0.5, 0.6) is 11.5 Å². The Morgan fingerprint density at radius 3 is 1.39 bits per heavy atom. The second kappa shape index (κ2) is 18.7. The maximum absolute atomic E-state index is 12.2. The molecule has 2 fully saturated rings. The molecule has 6 nitrogen and oxygen atoms in total. The molecule has 0 aliphatic heterocycles. The van der Waals surface area contributed by atoms with E-state index >= 15 is 0 Å². The Bertz CT molecular complexity index is 1070. The molecule has 0 bridgehead atoms. The highest BCUT2D eigenvalue weighted by Crippen LogP contribution is 2.38. The van der Waals surface area contributed by atoms with Gasteiger partial charge < -0.3 is 19.7 Å². The van der Waals surface area contributed by atoms with E-state index < -0.39 is 0 Å². The third-order valence-corrected chi connectivity index (χ3v) is 9.53. The molecule has 242 valence electrons. The van der Waals surface area contributed by atoms with Crippen LogP contribution < -0.4 is 0 Å². The van der Waals surface area contributed by atoms with E-state index in [1.54, 1.807) is 0 Å². The van der Waals surface area contributed by atoms with Crippen molar-refractivity contribution in [2.45, 2.75) is 140 Å². The summed E-state index contributed by atoms with van der Waals surface area (Å²) in [6, 6.07) is 11.8. The van der Waals surface area contributed by atoms with Gasteiger partial charge in [0.05, 0.1) is 13.2 Å². The van der Waals surface area contributed by atoms with Gasteiger partial charge in [0.2, 0.25) is 0 Å². The highest BCUT2D eigenvalue weighted by atomic mass is 16.5. The first kappa shape index (κ1) is 33.9. The van der Waals surface area contributed by atoms with E-state index in [9.17, 15) is 19.8 Å². The number of phenols is 2. The Labute approximate surface area is 264 Å². The highest BCUT2D eigenvalue weighted by molar-refractivity contribution is 5.69. The number of rotatable bonds is 17. The molecular weight excluding hydrogens is 552 g/mol. The molecule has 0 aromatic heterocycles. The molecule has 2 aliphatic rings. The number of aromatic hydroxyl groups is 2. The summed E-state index contributed by atoms with van der Waals surface area (Å²) in [6.45, 7) is 0.868. The summed E-state index contributed by atoms with van der Waals surface area (Å²) in [5.74, 6) is 1.43. The van der Waals surface area contributed by atoms with Gasteiger partial charge in [0.1, 0.15) is 11.5 Å². The van der Waals surface area contributed by atoms with Crippen molar-refractivity contribution >= 4 is 11.9 Å². The van der Waals surface area contributed by atoms with Crippen molar-refractivity contribution < 1.29 is 29.3 Å². The fourth-order valence-corrected chi connectivity index (χ4v) is 6.95. The van der Waals surface area contributed by atoms with Gasteiger partial charge in [-0.2, -0.15) is 0 Å². The maximum atomic E-state index is 12.2. The predicted molar refractivity (Wildman–Crippen MR) is 174 cm³/mol. The minimum absolute atomic E-state index is 0.150. The predicted octanol–water partition coefficient (Wildman–Crippen LogP) is 9.19. The van der Waals surface area contributed by atoms with Crippen LogP contribution in [-0.4, -0.2) is 35.4 Å². The quantitative estimate of drug-likeness (QED) is 0.138. The van der Waals surface area contributed by atoms with Gasteiger partial charge in [-0.3, -0.25) is 9.59 Å². The number of ether oxygens (including phenoxy) is 2. The molecule has 4 rings (SSSR count). The number of esters is 2. The molecule has 0 atom stereocenters. The van der Waals surface area contributed by atoms with Crippen LogP contribution in [0, 0.1) is 0 Å². The monoisotopic (exact) mass is 606 g/mol. The zero-order chi connectivity index (χ0) is 31.0. The van der Waals surface area contributed by atoms with E-state index in [1.807, 2.05) is 24.3 Å². The molecule has 0 saturated heterocycles. The summed E-state index contributed by atoms with van der Waals surface area (Å²) in [5, 5.41) is 20.6. The van der Waals surface area contributed by atoms with Gasteiger partial charge in [0.15, 0.2) is 0 Å². The average Bonchev–Trinajstić information content (AvgIpc) is 3.04. The van der Waals surface area contributed by atoms with Gasteiger partial charge >= 0.3 is 11.9 Å². The summed E-state index contributed by atoms with van der Waals surface area (Å²) in [6.07, 6.45) is 19.6. The van der Waals surface area contributed by atoms with Gasteiger partial charge in [-0.05, 0) is 123 Å². The second-order valence-electron chi connectivity index (χ2n) is 13.0. The van der Waals surface area contributed by atoms with Gasteiger partial charge in [0.25, 0.3) is 0 Å². The normalized spacial score (nSPS) is 16.1. The fraction of sp³-hybridized carbons (Fsp3) is 0.632. The number of benzene rings is 2. The van der Waals surface area contributed by atoms with Crippen molar-refractivity contribution in [3.8, 4) is 11.5 Å². The van der Waals surface area contributed by atoms with Crippen LogP contribution in [-0.2, 0) is 31.9 Å². The molecule has 2 aliphatic carbocycles. The van der Waals surface area contributed by atoms with Crippen molar-refractivity contribution in [2.24, 2.45) is 0 Å². The lowest BCUT2D eigenvalue weighted by atomic mass is 9.83. The van der Waals surface area contributed by atoms with E-state index in [-0.39, 0.29) is 11.9 Å². The Morgan fingerprint density at radius 1 is 0.568 bits per heavy atom. The van der Waals surface area contributed by atoms with E-state index in [2.05, 4.69) is 12.1 Å². The number of unbranched alkanes of at least 4 members (excludes halogenated alkanes) is 3. The minimum Gasteiger partial charge on any atom is -0.508 e. The molecule has 6 heteroatoms. The first-order valence-electron chi connectivity index (χ1n) is 17.4. The Kier molecular flexibility index (Phi) is 14.4. The van der Waals surface area contributed by atoms with E-state index in [1.165, 1.54) is 49.7 Å². The highest BCUT2D eigenvalue weighted by Gasteiger charge is 2.20. The number of aryl methyl sites for hydroxylation is 2. The van der Waals surface area contributed by atoms with Crippen LogP contribution in [0.4, 0.5) is 0 Å². The molecule has 0 amide bonds. The smallest absolute Gasteiger partial charge is 0.305 e. The van der Waals surface area contributed by atoms with Gasteiger partial charge in [-0.25, -0.2) is 0 Å². The van der Waals surface area contributed by atoms with Crippen molar-refractivity contribution in [3.05, 3.63) is 58.7 Å². The number of hydrogen-bond donors (Lipinski definition) is 2. The lowest BCUT2D eigenvalue weighted by molar-refractivity contribution is -0.145. The molecule has 0 heterocycles. The number of carbonyl (C=O) groups is 2. The molecule has 0 radical (unpaired) electrons. The van der Waals surface area contributed by atoms with Crippen molar-refractivity contribution in [2.75, 3.05) is 13.2 Å². The first-order valence-corrected chi connectivity index (χ1v) is 17.4. The summed E-state index contributed by atoms with van der Waals surface area (Å²) in [5.41, 5.74) is 4.51. The molecule has 44 heavy (non-hydrogen) atoms. The maximum Gasteiger partial charge on any atom is 0.305 e. The first-order chi connectivity index (χ1) is 21.5. The van der Waals surface area contributed by atoms with Gasteiger partial charge in [-0.1, -0.05) is 62.8 Å². The lowest BCUT2D eigenvalue weighted by Gasteiger charge is -2.23. The zero-order valence-electron chi connectivity index (χ0n) is 26.7. The van der Waals surface area contributed by atoms with E-state index in [4.69, 9.17) is 9.47 Å². The SMILES string of the molecule is O=C(CCCc1ccc(O)c(C2CCCCC2)c1)OCCCCCCOC(=O)CCCc1ccc(O)c(C2CCCCC2)c1. The number of phenolic OH excluding ortho intramolecular Hbond substituents is 2. The minimum atomic E-state index is -0.150. The second-order valence-corrected chi connectivity index (χ2v) is 13.0. The van der Waals surface area contributed by atoms with Crippen LogP contribution >= 0.6 is 0 Å². The Morgan fingerprint density at radius 2 is 0.977 bits per heavy atom. The summed E-state index contributed by atoms with van der Waals surface area (Å²) in [7, 11) is 0. The van der Waals surface area contributed by atoms with Crippen LogP contribution in [0.3, 0.4) is 0 Å². The summed E-state index contributed by atoms with van der Waals surface area (Å²) < 4.78 is 10.8. The number of carbonyl (C=O) groups excluding carboxylic acids is 2. The molecule has 0 spiro atoms. The third-order valence-electron chi connectivity index (χ3n) is 9.53. The lowest BCUT2D eigenvalue weighted by Crippen LogP contribution is -2.08. The van der Waals surface area contributed by atoms with E-state index in [0.717, 1.165) is 88.2 Å². The van der Waals surface area contributed by atoms with Crippen LogP contribution in [0.25, 0.3) is 0 Å². The van der Waals surface area contributed by atoms with Crippen LogP contribution in [0.15, 0.2) is 36.4 Å². The topological polar surface area (TPSA) is 93.1 Å². The Balaban J connectivity index is 0.984. The average molecular weight is 607 g/mol. The molecule has 2 saturated carbocycles. The largest absolute Gasteiger partial charge is 0.508 e. The van der Waals surface area contributed by atoms with Crippen LogP contribution in [0.2, 0.25) is 0 Å². The van der Waals surface area contributed by atoms with Crippen molar-refractivity contribution in [3.63, 3.8) is 0 Å². The molecule has 2 aromatic rings. The number of hydrogen-bond acceptors (Lipinski definition) is 6. The van der Waals surface area contributed by atoms with E-state index in [0.29, 0.717) is 49.4 Å². The molecular formula is C38H54O6.